The van der Waals surface area contributed by atoms with Crippen LogP contribution >= 0.6 is 0 Å². The van der Waals surface area contributed by atoms with Crippen molar-refractivity contribution in [3.05, 3.63) is 35.9 Å². The SMILES string of the molecule is NCc1cc(N2CCCS(=O)(=O)CC2)nc2ccccc12. The van der Waals surface area contributed by atoms with Gasteiger partial charge in [-0.2, -0.15) is 0 Å². The van der Waals surface area contributed by atoms with E-state index >= 15 is 0 Å². The summed E-state index contributed by atoms with van der Waals surface area (Å²) in [5, 5.41) is 1.06. The lowest BCUT2D eigenvalue weighted by atomic mass is 10.1. The average molecular weight is 305 g/mol. The largest absolute Gasteiger partial charge is 0.356 e. The zero-order valence-corrected chi connectivity index (χ0v) is 12.6. The molecule has 5 nitrogen and oxygen atoms in total. The van der Waals surface area contributed by atoms with E-state index in [4.69, 9.17) is 5.73 Å². The second kappa shape index (κ2) is 5.61. The standard InChI is InChI=1S/C15H19N3O2S/c16-11-12-10-15(17-14-5-2-1-4-13(12)14)18-6-3-8-21(19,20)9-7-18/h1-2,4-5,10H,3,6-9,11,16H2. The number of rotatable bonds is 2. The molecule has 0 unspecified atom stereocenters. The Balaban J connectivity index is 2.00. The maximum atomic E-state index is 11.7. The number of nitrogens with two attached hydrogens (primary N) is 1. The quantitative estimate of drug-likeness (QED) is 0.905. The topological polar surface area (TPSA) is 76.3 Å². The molecule has 1 aliphatic heterocycles. The third-order valence-corrected chi connectivity index (χ3v) is 5.60. The molecular weight excluding hydrogens is 286 g/mol. The highest BCUT2D eigenvalue weighted by Crippen LogP contribution is 2.23. The normalized spacial score (nSPS) is 18.6. The fourth-order valence-corrected chi connectivity index (χ4v) is 4.00. The fourth-order valence-electron chi connectivity index (χ4n) is 2.73. The second-order valence-corrected chi connectivity index (χ2v) is 7.66. The number of sulfone groups is 1. The Morgan fingerprint density at radius 3 is 2.81 bits per heavy atom. The summed E-state index contributed by atoms with van der Waals surface area (Å²) in [7, 11) is -2.91. The molecule has 112 valence electrons. The van der Waals surface area contributed by atoms with Crippen molar-refractivity contribution in [2.75, 3.05) is 29.5 Å². The van der Waals surface area contributed by atoms with Crippen LogP contribution in [0.4, 0.5) is 5.82 Å². The van der Waals surface area contributed by atoms with Crippen LogP contribution in [0.3, 0.4) is 0 Å². The molecule has 3 rings (SSSR count). The van der Waals surface area contributed by atoms with Gasteiger partial charge in [-0.25, -0.2) is 13.4 Å². The molecule has 0 saturated carbocycles. The van der Waals surface area contributed by atoms with Gasteiger partial charge in [-0.15, -0.1) is 0 Å². The molecular formula is C15H19N3O2S. The van der Waals surface area contributed by atoms with Crippen molar-refractivity contribution in [2.45, 2.75) is 13.0 Å². The predicted octanol–water partition coefficient (Wildman–Crippen LogP) is 1.32. The molecule has 1 aliphatic rings. The van der Waals surface area contributed by atoms with E-state index in [9.17, 15) is 8.42 Å². The number of para-hydroxylation sites is 1. The molecule has 1 fully saturated rings. The van der Waals surface area contributed by atoms with E-state index in [0.717, 1.165) is 22.3 Å². The highest BCUT2D eigenvalue weighted by molar-refractivity contribution is 7.91. The Bertz CT molecular complexity index is 759. The van der Waals surface area contributed by atoms with Crippen molar-refractivity contribution in [1.29, 1.82) is 0 Å². The molecule has 21 heavy (non-hydrogen) atoms. The number of anilines is 1. The van der Waals surface area contributed by atoms with Gasteiger partial charge in [0.15, 0.2) is 9.84 Å². The van der Waals surface area contributed by atoms with Crippen molar-refractivity contribution < 1.29 is 8.42 Å². The number of pyridine rings is 1. The number of fused-ring (bicyclic) bond motifs is 1. The van der Waals surface area contributed by atoms with Crippen LogP contribution in [0.2, 0.25) is 0 Å². The van der Waals surface area contributed by atoms with Gasteiger partial charge in [-0.05, 0) is 24.1 Å². The smallest absolute Gasteiger partial charge is 0.152 e. The minimum atomic E-state index is -2.91. The first kappa shape index (κ1) is 14.3. The number of hydrogen-bond donors (Lipinski definition) is 1. The average Bonchev–Trinajstić information content (AvgIpc) is 2.67. The molecule has 2 aromatic rings. The lowest BCUT2D eigenvalue weighted by Crippen LogP contribution is -2.27. The first-order valence-electron chi connectivity index (χ1n) is 7.13. The van der Waals surface area contributed by atoms with E-state index in [0.29, 0.717) is 26.1 Å². The van der Waals surface area contributed by atoms with E-state index in [2.05, 4.69) is 9.88 Å². The second-order valence-electron chi connectivity index (χ2n) is 5.35. The highest BCUT2D eigenvalue weighted by atomic mass is 32.2. The first-order chi connectivity index (χ1) is 10.1. The van der Waals surface area contributed by atoms with Crippen molar-refractivity contribution in [3.63, 3.8) is 0 Å². The van der Waals surface area contributed by atoms with Gasteiger partial charge in [-0.3, -0.25) is 0 Å². The van der Waals surface area contributed by atoms with E-state index in [1.54, 1.807) is 0 Å². The van der Waals surface area contributed by atoms with Crippen molar-refractivity contribution in [2.24, 2.45) is 5.73 Å². The monoisotopic (exact) mass is 305 g/mol. The molecule has 0 aliphatic carbocycles. The molecule has 0 radical (unpaired) electrons. The van der Waals surface area contributed by atoms with Crippen LogP contribution in [0.25, 0.3) is 10.9 Å². The van der Waals surface area contributed by atoms with Crippen LogP contribution in [0.5, 0.6) is 0 Å². The van der Waals surface area contributed by atoms with Crippen LogP contribution in [-0.2, 0) is 16.4 Å². The number of hydrogen-bond acceptors (Lipinski definition) is 5. The summed E-state index contributed by atoms with van der Waals surface area (Å²) >= 11 is 0. The van der Waals surface area contributed by atoms with Crippen LogP contribution in [0.15, 0.2) is 30.3 Å². The molecule has 1 aromatic heterocycles. The molecule has 0 atom stereocenters. The predicted molar refractivity (Wildman–Crippen MR) is 85.1 cm³/mol. The Morgan fingerprint density at radius 2 is 2.00 bits per heavy atom. The third kappa shape index (κ3) is 3.01. The van der Waals surface area contributed by atoms with Crippen molar-refractivity contribution in [1.82, 2.24) is 4.98 Å². The summed E-state index contributed by atoms with van der Waals surface area (Å²) in [6.07, 6.45) is 0.648. The summed E-state index contributed by atoms with van der Waals surface area (Å²) in [6.45, 7) is 1.66. The highest BCUT2D eigenvalue weighted by Gasteiger charge is 2.20. The molecule has 0 bridgehead atoms. The number of benzene rings is 1. The molecule has 0 spiro atoms. The molecule has 1 aromatic carbocycles. The molecule has 2 N–H and O–H groups in total. The van der Waals surface area contributed by atoms with Gasteiger partial charge in [0.1, 0.15) is 5.82 Å². The minimum absolute atomic E-state index is 0.194. The van der Waals surface area contributed by atoms with Gasteiger partial charge in [0.25, 0.3) is 0 Å². The molecule has 2 heterocycles. The third-order valence-electron chi connectivity index (χ3n) is 3.89. The number of nitrogens with zero attached hydrogens (tertiary/aromatic N) is 2. The Labute approximate surface area is 124 Å². The van der Waals surface area contributed by atoms with E-state index in [1.807, 2.05) is 30.3 Å². The van der Waals surface area contributed by atoms with Gasteiger partial charge in [0, 0.05) is 25.0 Å². The maximum absolute atomic E-state index is 11.7. The molecule has 6 heteroatoms. The van der Waals surface area contributed by atoms with Crippen LogP contribution in [0.1, 0.15) is 12.0 Å². The van der Waals surface area contributed by atoms with E-state index < -0.39 is 9.84 Å². The van der Waals surface area contributed by atoms with Crippen LogP contribution in [0, 0.1) is 0 Å². The summed E-state index contributed by atoms with van der Waals surface area (Å²) < 4.78 is 23.4. The van der Waals surface area contributed by atoms with Crippen molar-refractivity contribution in [3.8, 4) is 0 Å². The lowest BCUT2D eigenvalue weighted by molar-refractivity contribution is 0.597. The molecule has 1 saturated heterocycles. The minimum Gasteiger partial charge on any atom is -0.356 e. The summed E-state index contributed by atoms with van der Waals surface area (Å²) in [6, 6.07) is 9.89. The van der Waals surface area contributed by atoms with Gasteiger partial charge in [0.05, 0.1) is 17.0 Å². The number of aromatic nitrogens is 1. The zero-order chi connectivity index (χ0) is 14.9. The molecule has 0 amide bonds. The lowest BCUT2D eigenvalue weighted by Gasteiger charge is -2.22. The Kier molecular flexibility index (Phi) is 3.82. The van der Waals surface area contributed by atoms with Crippen LogP contribution in [-0.4, -0.2) is 38.0 Å². The van der Waals surface area contributed by atoms with E-state index in [-0.39, 0.29) is 11.5 Å². The summed E-state index contributed by atoms with van der Waals surface area (Å²) in [5.41, 5.74) is 7.80. The van der Waals surface area contributed by atoms with Crippen molar-refractivity contribution >= 4 is 26.6 Å². The van der Waals surface area contributed by atoms with Crippen LogP contribution < -0.4 is 10.6 Å². The van der Waals surface area contributed by atoms with Gasteiger partial charge >= 0.3 is 0 Å². The van der Waals surface area contributed by atoms with Gasteiger partial charge < -0.3 is 10.6 Å². The maximum Gasteiger partial charge on any atom is 0.152 e. The zero-order valence-electron chi connectivity index (χ0n) is 11.8. The summed E-state index contributed by atoms with van der Waals surface area (Å²) in [5.74, 6) is 1.28. The van der Waals surface area contributed by atoms with Gasteiger partial charge in [0.2, 0.25) is 0 Å². The van der Waals surface area contributed by atoms with E-state index in [1.165, 1.54) is 0 Å². The van der Waals surface area contributed by atoms with Gasteiger partial charge in [-0.1, -0.05) is 18.2 Å². The Hall–Kier alpha value is -1.66. The Morgan fingerprint density at radius 1 is 1.19 bits per heavy atom. The summed E-state index contributed by atoms with van der Waals surface area (Å²) in [4.78, 5) is 6.72. The first-order valence-corrected chi connectivity index (χ1v) is 8.95. The fraction of sp³-hybridized carbons (Fsp3) is 0.400.